The number of aliphatic hydroxyl groups excluding tert-OH is 2. The van der Waals surface area contributed by atoms with Gasteiger partial charge in [-0.3, -0.25) is 4.79 Å². The number of fused-ring (bicyclic) bond motifs is 1. The molecule has 8 N–H and O–H groups in total. The third-order valence-electron chi connectivity index (χ3n) is 5.69. The van der Waals surface area contributed by atoms with Gasteiger partial charge in [0.25, 0.3) is 5.91 Å². The van der Waals surface area contributed by atoms with Gasteiger partial charge in [0, 0.05) is 23.1 Å². The van der Waals surface area contributed by atoms with E-state index in [1.54, 1.807) is 5.92 Å². The van der Waals surface area contributed by atoms with E-state index in [2.05, 4.69) is 0 Å². The number of rotatable bonds is 2. The van der Waals surface area contributed by atoms with Crippen molar-refractivity contribution in [2.75, 3.05) is 26.3 Å². The lowest BCUT2D eigenvalue weighted by Gasteiger charge is -2.23. The minimum absolute atomic E-state index is 0.272. The number of amides is 1. The minimum atomic E-state index is -1.16. The van der Waals surface area contributed by atoms with Crippen LogP contribution in [0.3, 0.4) is 0 Å². The zero-order chi connectivity index (χ0) is 29.7. The van der Waals surface area contributed by atoms with Crippen LogP contribution in [-0.4, -0.2) is 89.9 Å². The highest BCUT2D eigenvalue weighted by molar-refractivity contribution is 5.97. The molecule has 210 valence electrons. The molecule has 0 aromatic heterocycles. The number of terminal acetylenes is 1. The van der Waals surface area contributed by atoms with E-state index in [1.807, 2.05) is 0 Å². The Hall–Kier alpha value is -5.71. The van der Waals surface area contributed by atoms with Crippen molar-refractivity contribution in [2.24, 2.45) is 0 Å². The van der Waals surface area contributed by atoms with Gasteiger partial charge < -0.3 is 55.2 Å². The largest absolute Gasteiger partial charge is 0.504 e. The fraction of sp³-hybridized carbons (Fsp3) is 0.192. The Morgan fingerprint density at radius 3 is 1.98 bits per heavy atom. The monoisotopic (exact) mass is 557 g/mol. The molecule has 0 saturated heterocycles. The van der Waals surface area contributed by atoms with Gasteiger partial charge in [-0.1, -0.05) is 0 Å². The highest BCUT2D eigenvalue weighted by Gasteiger charge is 2.27. The number of nitrogens with zero attached hydrogens (tertiary/aromatic N) is 1. The summed E-state index contributed by atoms with van der Waals surface area (Å²) in [6.45, 7) is -1.55. The number of hydrogen-bond donors (Lipinski definition) is 8. The Morgan fingerprint density at radius 1 is 0.850 bits per heavy atom. The number of phenolic OH excluding ortho intramolecular Hbond substituents is 6. The molecule has 0 radical (unpaired) electrons. The number of aromatic hydroxyl groups is 6. The molecule has 0 saturated carbocycles. The van der Waals surface area contributed by atoms with E-state index in [1.165, 1.54) is 0 Å². The van der Waals surface area contributed by atoms with Crippen LogP contribution in [0.25, 0.3) is 0 Å². The van der Waals surface area contributed by atoms with Crippen LogP contribution in [-0.2, 0) is 20.7 Å². The summed E-state index contributed by atoms with van der Waals surface area (Å²) < 4.78 is 10.3. The van der Waals surface area contributed by atoms with Crippen molar-refractivity contribution in [3.05, 3.63) is 58.1 Å². The first kappa shape index (κ1) is 28.9. The molecule has 1 aliphatic rings. The molecule has 1 aliphatic heterocycles. The molecule has 14 nitrogen and oxygen atoms in total. The van der Waals surface area contributed by atoms with Gasteiger partial charge in [0.2, 0.25) is 11.5 Å². The van der Waals surface area contributed by atoms with Gasteiger partial charge in [-0.2, -0.15) is 0 Å². The number of benzene rings is 2. The number of carbonyl (C=O) groups is 3. The molecule has 0 fully saturated rings. The van der Waals surface area contributed by atoms with E-state index in [0.717, 1.165) is 23.1 Å². The van der Waals surface area contributed by atoms with Crippen molar-refractivity contribution in [3.63, 3.8) is 0 Å². The molecular formula is C26H23NO13. The van der Waals surface area contributed by atoms with Gasteiger partial charge in [0.05, 0.1) is 18.7 Å². The average molecular weight is 557 g/mol. The summed E-state index contributed by atoms with van der Waals surface area (Å²) in [5, 5.41) is 79.1. The highest BCUT2D eigenvalue weighted by Crippen LogP contribution is 2.41. The molecule has 2 aromatic rings. The fourth-order valence-corrected chi connectivity index (χ4v) is 3.62. The van der Waals surface area contributed by atoms with E-state index in [0.29, 0.717) is 6.08 Å². The van der Waals surface area contributed by atoms with E-state index < -0.39 is 100 Å². The molecular weight excluding hydrogens is 534 g/mol. The molecule has 0 spiro atoms. The van der Waals surface area contributed by atoms with Gasteiger partial charge in [-0.05, 0) is 30.2 Å². The van der Waals surface area contributed by atoms with E-state index >= 15 is 0 Å². The summed E-state index contributed by atoms with van der Waals surface area (Å²) in [6.07, 6.45) is 5.04. The molecule has 1 amide bonds. The average Bonchev–Trinajstić information content (AvgIpc) is 2.93. The number of ether oxygens (including phenoxy) is 2. The molecule has 40 heavy (non-hydrogen) atoms. The summed E-state index contributed by atoms with van der Waals surface area (Å²) in [5.74, 6) is -8.65. The van der Waals surface area contributed by atoms with E-state index in [4.69, 9.17) is 15.9 Å². The minimum Gasteiger partial charge on any atom is -0.504 e. The number of allylic oxidation sites excluding steroid dienone is 2. The Bertz CT molecular complexity index is 1460. The lowest BCUT2D eigenvalue weighted by molar-refractivity contribution is -0.139. The topological polar surface area (TPSA) is 235 Å². The number of aliphatic hydroxyl groups is 2. The summed E-state index contributed by atoms with van der Waals surface area (Å²) in [5.41, 5.74) is -1.68. The lowest BCUT2D eigenvalue weighted by atomic mass is 9.97. The second kappa shape index (κ2) is 11.8. The molecule has 0 atom stereocenters. The summed E-state index contributed by atoms with van der Waals surface area (Å²) in [6, 6.07) is 2.51. The van der Waals surface area contributed by atoms with Gasteiger partial charge in [-0.25, -0.2) is 9.59 Å². The normalized spacial score (nSPS) is 16.3. The van der Waals surface area contributed by atoms with Crippen LogP contribution in [0.2, 0.25) is 0 Å². The third kappa shape index (κ3) is 6.05. The summed E-state index contributed by atoms with van der Waals surface area (Å²) in [4.78, 5) is 39.9. The van der Waals surface area contributed by atoms with Crippen LogP contribution in [0.15, 0.2) is 41.4 Å². The predicted molar refractivity (Wildman–Crippen MR) is 133 cm³/mol. The van der Waals surface area contributed by atoms with E-state index in [-0.39, 0.29) is 18.7 Å². The Morgan fingerprint density at radius 2 is 1.40 bits per heavy atom. The third-order valence-corrected chi connectivity index (χ3v) is 5.69. The number of phenols is 6. The van der Waals surface area contributed by atoms with Crippen LogP contribution in [0.5, 0.6) is 34.5 Å². The molecule has 1 heterocycles. The SMILES string of the molecule is C#C/C(O)=C(O)\C=C1/Cc2c(cc(O)c(O)c2O)C(=O)OCCN(C(=O)c2cc(O)c(O)c(O)c2)CCOC1=O. The van der Waals surface area contributed by atoms with E-state index in [9.17, 15) is 55.2 Å². The first-order valence-electron chi connectivity index (χ1n) is 11.3. The van der Waals surface area contributed by atoms with Crippen molar-refractivity contribution < 1.29 is 64.7 Å². The van der Waals surface area contributed by atoms with Crippen LogP contribution >= 0.6 is 0 Å². The van der Waals surface area contributed by atoms with Crippen LogP contribution in [0.1, 0.15) is 26.3 Å². The standard InChI is InChI=1S/C26H23NO13/c1-2-16(28)17(29)10-13-7-14-15(11-20(32)23(35)21(14)33)26(38)40-6-4-27(3-5-39-25(13)37)24(36)12-8-18(30)22(34)19(31)9-12/h1,8-11,28-35H,3-7H2/b13-10+,17-16-. The van der Waals surface area contributed by atoms with Crippen molar-refractivity contribution in [3.8, 4) is 46.8 Å². The van der Waals surface area contributed by atoms with Gasteiger partial charge in [0.1, 0.15) is 13.2 Å². The van der Waals surface area contributed by atoms with Crippen molar-refractivity contribution >= 4 is 17.8 Å². The van der Waals surface area contributed by atoms with Crippen molar-refractivity contribution in [2.45, 2.75) is 6.42 Å². The summed E-state index contributed by atoms with van der Waals surface area (Å²) in [7, 11) is 0. The second-order valence-corrected chi connectivity index (χ2v) is 8.27. The molecule has 0 aliphatic carbocycles. The maximum absolute atomic E-state index is 13.1. The molecule has 14 heteroatoms. The number of carbonyl (C=O) groups excluding carboxylic acids is 3. The first-order chi connectivity index (χ1) is 18.8. The lowest BCUT2D eigenvalue weighted by Crippen LogP contribution is -2.37. The maximum atomic E-state index is 13.1. The smallest absolute Gasteiger partial charge is 0.338 e. The first-order valence-corrected chi connectivity index (χ1v) is 11.3. The van der Waals surface area contributed by atoms with Gasteiger partial charge >= 0.3 is 11.9 Å². The van der Waals surface area contributed by atoms with Gasteiger partial charge in [0.15, 0.2) is 34.5 Å². The molecule has 0 unspecified atom stereocenters. The Labute approximate surface area is 225 Å². The molecule has 2 aromatic carbocycles. The van der Waals surface area contributed by atoms with Crippen molar-refractivity contribution in [1.29, 1.82) is 0 Å². The van der Waals surface area contributed by atoms with Gasteiger partial charge in [-0.15, -0.1) is 6.42 Å². The fourth-order valence-electron chi connectivity index (χ4n) is 3.62. The summed E-state index contributed by atoms with van der Waals surface area (Å²) >= 11 is 0. The predicted octanol–water partition coefficient (Wildman–Crippen LogP) is 1.21. The van der Waals surface area contributed by atoms with Crippen LogP contribution in [0.4, 0.5) is 0 Å². The zero-order valence-corrected chi connectivity index (χ0v) is 20.5. The maximum Gasteiger partial charge on any atom is 0.338 e. The molecule has 0 bridgehead atoms. The Kier molecular flexibility index (Phi) is 8.50. The molecule has 3 rings (SSSR count). The van der Waals surface area contributed by atoms with Crippen LogP contribution in [0, 0.1) is 12.3 Å². The highest BCUT2D eigenvalue weighted by atomic mass is 16.5. The number of hydrogen-bond acceptors (Lipinski definition) is 13. The number of esters is 2. The number of cyclic esters (lactones) is 2. The quantitative estimate of drug-likeness (QED) is 0.0853. The van der Waals surface area contributed by atoms with Crippen LogP contribution < -0.4 is 0 Å². The van der Waals surface area contributed by atoms with Crippen molar-refractivity contribution in [1.82, 2.24) is 4.90 Å². The second-order valence-electron chi connectivity index (χ2n) is 8.27. The Balaban J connectivity index is 2.06. The zero-order valence-electron chi connectivity index (χ0n) is 20.5.